The maximum Gasteiger partial charge on any atom is 0.138 e. The maximum absolute atomic E-state index is 9.26. The molecular weight excluding hydrogens is 354 g/mol. The van der Waals surface area contributed by atoms with E-state index in [-0.39, 0.29) is 6.61 Å². The van der Waals surface area contributed by atoms with Gasteiger partial charge in [-0.05, 0) is 65.9 Å². The highest BCUT2D eigenvalue weighted by Crippen LogP contribution is 2.32. The Bertz CT molecular complexity index is 689. The second-order valence-corrected chi connectivity index (χ2v) is 7.01. The molecule has 0 amide bonds. The van der Waals surface area contributed by atoms with E-state index < -0.39 is 0 Å². The van der Waals surface area contributed by atoms with Crippen molar-refractivity contribution in [2.45, 2.75) is 38.6 Å². The van der Waals surface area contributed by atoms with Crippen molar-refractivity contribution in [3.05, 3.63) is 34.6 Å². The third-order valence-electron chi connectivity index (χ3n) is 4.62. The third kappa shape index (κ3) is 3.67. The van der Waals surface area contributed by atoms with Crippen LogP contribution in [0.2, 0.25) is 0 Å². The molecule has 0 bridgehead atoms. The molecule has 23 heavy (non-hydrogen) atoms. The summed E-state index contributed by atoms with van der Waals surface area (Å²) >= 11 is 3.59. The monoisotopic (exact) mass is 377 g/mol. The number of aliphatic hydroxyl groups is 1. The van der Waals surface area contributed by atoms with E-state index >= 15 is 0 Å². The van der Waals surface area contributed by atoms with Crippen LogP contribution in [0.4, 0.5) is 0 Å². The van der Waals surface area contributed by atoms with Crippen molar-refractivity contribution in [1.29, 1.82) is 0 Å². The normalized spacial score (nSPS) is 18.6. The summed E-state index contributed by atoms with van der Waals surface area (Å²) < 4.78 is 1.08. The quantitative estimate of drug-likeness (QED) is 0.800. The fourth-order valence-electron chi connectivity index (χ4n) is 3.46. The van der Waals surface area contributed by atoms with Gasteiger partial charge in [0.25, 0.3) is 0 Å². The van der Waals surface area contributed by atoms with Gasteiger partial charge in [-0.2, -0.15) is 0 Å². The van der Waals surface area contributed by atoms with Crippen molar-refractivity contribution in [3.63, 3.8) is 0 Å². The fourth-order valence-corrected chi connectivity index (χ4v) is 3.88. The molecule has 2 heterocycles. The van der Waals surface area contributed by atoms with Crippen LogP contribution in [0.3, 0.4) is 0 Å². The standard InChI is InChI=1S/C18H24BrN3O/c1-2-9-22(10-11-23)14-5-3-13(4-6-14)17-12-15-16(19)7-8-20-18(15)21-17/h3,7-8,12,14,23H,2,4-6,9-11H2,1H3,(H,20,21). The second-order valence-electron chi connectivity index (χ2n) is 6.16. The smallest absolute Gasteiger partial charge is 0.138 e. The summed E-state index contributed by atoms with van der Waals surface area (Å²) in [6.07, 6.45) is 8.58. The summed E-state index contributed by atoms with van der Waals surface area (Å²) in [6.45, 7) is 4.29. The van der Waals surface area contributed by atoms with E-state index in [1.165, 1.54) is 11.3 Å². The largest absolute Gasteiger partial charge is 0.395 e. The number of rotatable bonds is 6. The molecule has 0 aliphatic heterocycles. The van der Waals surface area contributed by atoms with Crippen LogP contribution in [0.1, 0.15) is 38.3 Å². The highest BCUT2D eigenvalue weighted by atomic mass is 79.9. The molecule has 0 saturated carbocycles. The Morgan fingerprint density at radius 3 is 2.96 bits per heavy atom. The molecule has 2 aromatic rings. The minimum Gasteiger partial charge on any atom is -0.395 e. The topological polar surface area (TPSA) is 52.1 Å². The number of pyridine rings is 1. The third-order valence-corrected chi connectivity index (χ3v) is 5.31. The van der Waals surface area contributed by atoms with Crippen molar-refractivity contribution in [3.8, 4) is 0 Å². The van der Waals surface area contributed by atoms with Crippen LogP contribution < -0.4 is 0 Å². The van der Waals surface area contributed by atoms with E-state index in [0.29, 0.717) is 6.04 Å². The Labute approximate surface area is 145 Å². The average Bonchev–Trinajstić information content (AvgIpc) is 3.00. The molecule has 1 atom stereocenters. The first kappa shape index (κ1) is 16.7. The first-order chi connectivity index (χ1) is 11.2. The lowest BCUT2D eigenvalue weighted by atomic mass is 9.92. The molecule has 0 spiro atoms. The Morgan fingerprint density at radius 2 is 2.30 bits per heavy atom. The number of fused-ring (bicyclic) bond motifs is 1. The highest BCUT2D eigenvalue weighted by molar-refractivity contribution is 9.10. The fraction of sp³-hybridized carbons (Fsp3) is 0.500. The van der Waals surface area contributed by atoms with Crippen molar-refractivity contribution >= 4 is 32.5 Å². The molecule has 4 nitrogen and oxygen atoms in total. The first-order valence-electron chi connectivity index (χ1n) is 8.40. The molecule has 1 aliphatic carbocycles. The minimum atomic E-state index is 0.245. The minimum absolute atomic E-state index is 0.245. The summed E-state index contributed by atoms with van der Waals surface area (Å²) in [6, 6.07) is 4.72. The molecule has 5 heteroatoms. The molecular formula is C18H24BrN3O. The van der Waals surface area contributed by atoms with Gasteiger partial charge in [-0.15, -0.1) is 0 Å². The van der Waals surface area contributed by atoms with Crippen LogP contribution in [-0.4, -0.2) is 45.7 Å². The lowest BCUT2D eigenvalue weighted by Gasteiger charge is -2.33. The molecule has 2 N–H and O–H groups in total. The van der Waals surface area contributed by atoms with Crippen LogP contribution in [0, 0.1) is 0 Å². The molecule has 2 aromatic heterocycles. The number of halogens is 1. The number of hydrogen-bond donors (Lipinski definition) is 2. The van der Waals surface area contributed by atoms with E-state index in [1.54, 1.807) is 0 Å². The Morgan fingerprint density at radius 1 is 1.43 bits per heavy atom. The maximum atomic E-state index is 9.26. The zero-order chi connectivity index (χ0) is 16.2. The molecule has 0 saturated heterocycles. The van der Waals surface area contributed by atoms with Gasteiger partial charge >= 0.3 is 0 Å². The van der Waals surface area contributed by atoms with Gasteiger partial charge in [-0.25, -0.2) is 4.98 Å². The van der Waals surface area contributed by atoms with Gasteiger partial charge in [0.05, 0.1) is 6.61 Å². The van der Waals surface area contributed by atoms with Gasteiger partial charge < -0.3 is 10.1 Å². The van der Waals surface area contributed by atoms with E-state index in [9.17, 15) is 5.11 Å². The van der Waals surface area contributed by atoms with Crippen LogP contribution in [-0.2, 0) is 0 Å². The van der Waals surface area contributed by atoms with Crippen molar-refractivity contribution < 1.29 is 5.11 Å². The lowest BCUT2D eigenvalue weighted by molar-refractivity contribution is 0.143. The number of nitrogens with one attached hydrogen (secondary N) is 1. The number of hydrogen-bond acceptors (Lipinski definition) is 3. The summed E-state index contributed by atoms with van der Waals surface area (Å²) in [5.41, 5.74) is 3.50. The van der Waals surface area contributed by atoms with E-state index in [1.807, 2.05) is 12.3 Å². The van der Waals surface area contributed by atoms with Crippen LogP contribution in [0.15, 0.2) is 28.9 Å². The van der Waals surface area contributed by atoms with Gasteiger partial charge in [0.15, 0.2) is 0 Å². The van der Waals surface area contributed by atoms with E-state index in [2.05, 4.69) is 49.9 Å². The predicted molar refractivity (Wildman–Crippen MR) is 98.4 cm³/mol. The summed E-state index contributed by atoms with van der Waals surface area (Å²) in [5, 5.41) is 10.4. The number of aromatic nitrogens is 2. The Kier molecular flexibility index (Phi) is 5.51. The van der Waals surface area contributed by atoms with Crippen molar-refractivity contribution in [1.82, 2.24) is 14.9 Å². The number of allylic oxidation sites excluding steroid dienone is 1. The van der Waals surface area contributed by atoms with Crippen LogP contribution in [0.5, 0.6) is 0 Å². The summed E-state index contributed by atoms with van der Waals surface area (Å²) in [7, 11) is 0. The van der Waals surface area contributed by atoms with Crippen LogP contribution >= 0.6 is 15.9 Å². The van der Waals surface area contributed by atoms with Gasteiger partial charge in [0, 0.05) is 34.3 Å². The zero-order valence-corrected chi connectivity index (χ0v) is 15.1. The number of H-pyrrole nitrogens is 1. The zero-order valence-electron chi connectivity index (χ0n) is 13.6. The SMILES string of the molecule is CCCN(CCO)C1CC=C(c2cc3c(Br)ccnc3[nH]2)CC1. The second kappa shape index (κ2) is 7.60. The molecule has 1 unspecified atom stereocenters. The molecule has 3 rings (SSSR count). The van der Waals surface area contributed by atoms with Crippen molar-refractivity contribution in [2.24, 2.45) is 0 Å². The number of nitrogens with zero attached hydrogens (tertiary/aromatic N) is 2. The Balaban J connectivity index is 1.76. The molecule has 0 radical (unpaired) electrons. The summed E-state index contributed by atoms with van der Waals surface area (Å²) in [5.74, 6) is 0. The molecule has 1 aliphatic rings. The highest BCUT2D eigenvalue weighted by Gasteiger charge is 2.21. The van der Waals surface area contributed by atoms with Gasteiger partial charge in [-0.3, -0.25) is 4.90 Å². The van der Waals surface area contributed by atoms with Gasteiger partial charge in [0.1, 0.15) is 5.65 Å². The van der Waals surface area contributed by atoms with Gasteiger partial charge in [0.2, 0.25) is 0 Å². The predicted octanol–water partition coefficient (Wildman–Crippen LogP) is 3.97. The van der Waals surface area contributed by atoms with E-state index in [0.717, 1.165) is 54.3 Å². The van der Waals surface area contributed by atoms with Gasteiger partial charge in [-0.1, -0.05) is 13.0 Å². The number of aromatic amines is 1. The molecule has 0 fully saturated rings. The van der Waals surface area contributed by atoms with Crippen LogP contribution in [0.25, 0.3) is 16.6 Å². The van der Waals surface area contributed by atoms with Crippen molar-refractivity contribution in [2.75, 3.05) is 19.7 Å². The summed E-state index contributed by atoms with van der Waals surface area (Å²) in [4.78, 5) is 10.3. The molecule has 124 valence electrons. The van der Waals surface area contributed by atoms with E-state index in [4.69, 9.17) is 0 Å². The molecule has 0 aromatic carbocycles. The number of aliphatic hydroxyl groups excluding tert-OH is 1. The Hall–Kier alpha value is -1.17. The lowest BCUT2D eigenvalue weighted by Crippen LogP contribution is -2.38. The average molecular weight is 378 g/mol. The first-order valence-corrected chi connectivity index (χ1v) is 9.19.